The van der Waals surface area contributed by atoms with Gasteiger partial charge in [0.2, 0.25) is 0 Å². The minimum atomic E-state index is -0.338. The molecule has 0 spiro atoms. The Morgan fingerprint density at radius 3 is 1.60 bits per heavy atom. The molecular weight excluding hydrogens is 124 g/mol. The third-order valence-corrected chi connectivity index (χ3v) is 1.82. The van der Waals surface area contributed by atoms with Crippen molar-refractivity contribution < 1.29 is 5.11 Å². The summed E-state index contributed by atoms with van der Waals surface area (Å²) >= 11 is 0. The third kappa shape index (κ3) is 2.36. The Balaban J connectivity index is 3.91. The summed E-state index contributed by atoms with van der Waals surface area (Å²) in [6.07, 6.45) is 3.17. The first-order valence-corrected chi connectivity index (χ1v) is 3.56. The van der Waals surface area contributed by atoms with Gasteiger partial charge >= 0.3 is 0 Å². The van der Waals surface area contributed by atoms with Crippen LogP contribution in [0.1, 0.15) is 13.8 Å². The van der Waals surface area contributed by atoms with Gasteiger partial charge in [-0.3, -0.25) is 0 Å². The average Bonchev–Trinajstić information content (AvgIpc) is 2.00. The second-order valence-electron chi connectivity index (χ2n) is 2.68. The molecule has 10 heavy (non-hydrogen) atoms. The van der Waals surface area contributed by atoms with E-state index in [2.05, 4.69) is 13.2 Å². The van der Waals surface area contributed by atoms with Crippen LogP contribution in [0.4, 0.5) is 0 Å². The molecule has 0 saturated carbocycles. The van der Waals surface area contributed by atoms with Crippen molar-refractivity contribution in [2.45, 2.75) is 20.0 Å². The molecule has 1 N–H and O–H groups in total. The molecule has 0 radical (unpaired) electrons. The largest absolute Gasteiger partial charge is 0.392 e. The normalized spacial score (nSPS) is 16.4. The Labute approximate surface area is 63.1 Å². The first kappa shape index (κ1) is 9.44. The zero-order valence-electron chi connectivity index (χ0n) is 6.75. The zero-order valence-corrected chi connectivity index (χ0v) is 6.75. The Morgan fingerprint density at radius 1 is 1.10 bits per heavy atom. The molecule has 0 aromatic rings. The molecular formula is C9H16O. The van der Waals surface area contributed by atoms with Crippen molar-refractivity contribution in [3.8, 4) is 0 Å². The van der Waals surface area contributed by atoms with Crippen LogP contribution < -0.4 is 0 Å². The molecule has 58 valence electrons. The summed E-state index contributed by atoms with van der Waals surface area (Å²) in [7, 11) is 0. The summed E-state index contributed by atoms with van der Waals surface area (Å²) in [5, 5.41) is 9.44. The maximum Gasteiger partial charge on any atom is 0.0659 e. The minimum Gasteiger partial charge on any atom is -0.392 e. The van der Waals surface area contributed by atoms with Crippen LogP contribution in [-0.4, -0.2) is 11.2 Å². The average molecular weight is 140 g/mol. The molecule has 2 atom stereocenters. The van der Waals surface area contributed by atoms with E-state index in [1.807, 2.05) is 13.8 Å². The van der Waals surface area contributed by atoms with Gasteiger partial charge in [0.25, 0.3) is 0 Å². The third-order valence-electron chi connectivity index (χ3n) is 1.82. The van der Waals surface area contributed by atoms with Crippen LogP contribution in [0, 0.1) is 11.8 Å². The van der Waals surface area contributed by atoms with E-state index in [1.54, 1.807) is 12.2 Å². The summed E-state index contributed by atoms with van der Waals surface area (Å²) in [6, 6.07) is 0. The zero-order chi connectivity index (χ0) is 8.15. The van der Waals surface area contributed by atoms with E-state index in [0.717, 1.165) is 0 Å². The highest BCUT2D eigenvalue weighted by atomic mass is 16.3. The lowest BCUT2D eigenvalue weighted by molar-refractivity contribution is 0.103. The number of hydrogen-bond acceptors (Lipinski definition) is 1. The van der Waals surface area contributed by atoms with Crippen molar-refractivity contribution in [2.24, 2.45) is 11.8 Å². The predicted octanol–water partition coefficient (Wildman–Crippen LogP) is 1.99. The molecule has 0 aromatic heterocycles. The summed E-state index contributed by atoms with van der Waals surface area (Å²) in [4.78, 5) is 0. The standard InChI is InChI=1S/C9H16O/c1-5-7(3)9(10)8(4)6-2/h5-10H,1-2H2,3-4H3/t7-,8-/m1/s1. The summed E-state index contributed by atoms with van der Waals surface area (Å²) in [5.74, 6) is 0.293. The second-order valence-corrected chi connectivity index (χ2v) is 2.68. The van der Waals surface area contributed by atoms with Gasteiger partial charge in [0.15, 0.2) is 0 Å². The van der Waals surface area contributed by atoms with Crippen molar-refractivity contribution in [2.75, 3.05) is 0 Å². The number of hydrogen-bond donors (Lipinski definition) is 1. The minimum absolute atomic E-state index is 0.146. The lowest BCUT2D eigenvalue weighted by atomic mass is 9.94. The number of aliphatic hydroxyl groups excluding tert-OH is 1. The molecule has 1 heteroatoms. The smallest absolute Gasteiger partial charge is 0.0659 e. The molecule has 0 aromatic carbocycles. The highest BCUT2D eigenvalue weighted by Gasteiger charge is 2.15. The van der Waals surface area contributed by atoms with Crippen LogP contribution >= 0.6 is 0 Å². The van der Waals surface area contributed by atoms with E-state index in [0.29, 0.717) is 0 Å². The molecule has 0 fully saturated rings. The fraction of sp³-hybridized carbons (Fsp3) is 0.556. The molecule has 0 aliphatic heterocycles. The molecule has 0 saturated heterocycles. The van der Waals surface area contributed by atoms with Crippen molar-refractivity contribution in [1.29, 1.82) is 0 Å². The highest BCUT2D eigenvalue weighted by molar-refractivity contribution is 4.89. The quantitative estimate of drug-likeness (QED) is 0.592. The first-order chi connectivity index (χ1) is 4.63. The number of aliphatic hydroxyl groups is 1. The van der Waals surface area contributed by atoms with E-state index >= 15 is 0 Å². The van der Waals surface area contributed by atoms with Crippen molar-refractivity contribution in [1.82, 2.24) is 0 Å². The molecule has 0 heterocycles. The van der Waals surface area contributed by atoms with E-state index in [9.17, 15) is 5.11 Å². The lowest BCUT2D eigenvalue weighted by Gasteiger charge is -2.19. The van der Waals surface area contributed by atoms with E-state index < -0.39 is 0 Å². The Bertz CT molecular complexity index is 104. The van der Waals surface area contributed by atoms with Gasteiger partial charge in [-0.25, -0.2) is 0 Å². The van der Waals surface area contributed by atoms with Crippen LogP contribution in [0.5, 0.6) is 0 Å². The van der Waals surface area contributed by atoms with Crippen LogP contribution in [0.3, 0.4) is 0 Å². The van der Waals surface area contributed by atoms with Gasteiger partial charge in [-0.05, 0) is 0 Å². The summed E-state index contributed by atoms with van der Waals surface area (Å²) in [6.45, 7) is 11.1. The maximum absolute atomic E-state index is 9.44. The van der Waals surface area contributed by atoms with Gasteiger partial charge in [-0.1, -0.05) is 26.0 Å². The SMILES string of the molecule is C=C[C@@H](C)C(O)[C@H](C)C=C. The fourth-order valence-electron chi connectivity index (χ4n) is 0.758. The van der Waals surface area contributed by atoms with E-state index in [-0.39, 0.29) is 17.9 Å². The fourth-order valence-corrected chi connectivity index (χ4v) is 0.758. The Kier molecular flexibility index (Phi) is 4.05. The monoisotopic (exact) mass is 140 g/mol. The summed E-state index contributed by atoms with van der Waals surface area (Å²) in [5.41, 5.74) is 0. The van der Waals surface area contributed by atoms with Crippen LogP contribution in [0.15, 0.2) is 25.3 Å². The molecule has 0 aliphatic carbocycles. The molecule has 0 bridgehead atoms. The highest BCUT2D eigenvalue weighted by Crippen LogP contribution is 2.13. The molecule has 0 aliphatic rings. The molecule has 1 nitrogen and oxygen atoms in total. The topological polar surface area (TPSA) is 20.2 Å². The van der Waals surface area contributed by atoms with Gasteiger partial charge in [0.05, 0.1) is 6.10 Å². The Hall–Kier alpha value is -0.560. The van der Waals surface area contributed by atoms with E-state index in [4.69, 9.17) is 0 Å². The maximum atomic E-state index is 9.44. The second kappa shape index (κ2) is 4.29. The van der Waals surface area contributed by atoms with Crippen molar-refractivity contribution >= 4 is 0 Å². The predicted molar refractivity (Wildman–Crippen MR) is 44.7 cm³/mol. The van der Waals surface area contributed by atoms with Crippen LogP contribution in [0.25, 0.3) is 0 Å². The van der Waals surface area contributed by atoms with Crippen LogP contribution in [0.2, 0.25) is 0 Å². The molecule has 0 amide bonds. The van der Waals surface area contributed by atoms with Gasteiger partial charge in [0.1, 0.15) is 0 Å². The van der Waals surface area contributed by atoms with Gasteiger partial charge < -0.3 is 5.11 Å². The van der Waals surface area contributed by atoms with Gasteiger partial charge in [0, 0.05) is 11.8 Å². The van der Waals surface area contributed by atoms with Gasteiger partial charge in [-0.15, -0.1) is 13.2 Å². The van der Waals surface area contributed by atoms with Crippen molar-refractivity contribution in [3.63, 3.8) is 0 Å². The Morgan fingerprint density at radius 2 is 1.40 bits per heavy atom. The van der Waals surface area contributed by atoms with Gasteiger partial charge in [-0.2, -0.15) is 0 Å². The van der Waals surface area contributed by atoms with Crippen LogP contribution in [-0.2, 0) is 0 Å². The first-order valence-electron chi connectivity index (χ1n) is 3.56. The van der Waals surface area contributed by atoms with Crippen molar-refractivity contribution in [3.05, 3.63) is 25.3 Å². The molecule has 0 unspecified atom stereocenters. The summed E-state index contributed by atoms with van der Waals surface area (Å²) < 4.78 is 0. The van der Waals surface area contributed by atoms with E-state index in [1.165, 1.54) is 0 Å². The molecule has 0 rings (SSSR count). The lowest BCUT2D eigenvalue weighted by Crippen LogP contribution is -2.22. The number of rotatable bonds is 4.